The molecule has 2 aromatic rings. The van der Waals surface area contributed by atoms with Crippen LogP contribution in [0.4, 0.5) is 11.4 Å². The minimum absolute atomic E-state index is 0.442. The number of hydrogen-bond acceptors (Lipinski definition) is 6. The lowest BCUT2D eigenvalue weighted by molar-refractivity contribution is -0.386. The van der Waals surface area contributed by atoms with Gasteiger partial charge in [0.05, 0.1) is 9.85 Å². The van der Waals surface area contributed by atoms with Crippen LogP contribution in [-0.4, -0.2) is 20.1 Å². The first-order chi connectivity index (χ1) is 10.6. The van der Waals surface area contributed by atoms with Gasteiger partial charge >= 0.3 is 11.4 Å². The molecule has 0 radical (unpaired) electrons. The lowest BCUT2D eigenvalue weighted by Gasteiger charge is -2.21. The van der Waals surface area contributed by atoms with E-state index >= 15 is 0 Å². The van der Waals surface area contributed by atoms with E-state index in [9.17, 15) is 30.4 Å². The Morgan fingerprint density at radius 1 is 0.826 bits per heavy atom. The van der Waals surface area contributed by atoms with Gasteiger partial charge in [-0.3, -0.25) is 20.2 Å². The van der Waals surface area contributed by atoms with Crippen LogP contribution < -0.4 is 0 Å². The fraction of sp³-hybridized carbons (Fsp3) is 0.200. The van der Waals surface area contributed by atoms with Gasteiger partial charge in [0, 0.05) is 17.5 Å². The number of fused-ring (bicyclic) bond motifs is 3. The summed E-state index contributed by atoms with van der Waals surface area (Å²) >= 11 is 0. The van der Waals surface area contributed by atoms with E-state index in [1.165, 1.54) is 24.3 Å². The molecule has 8 heteroatoms. The van der Waals surface area contributed by atoms with Crippen molar-refractivity contribution in [3.63, 3.8) is 0 Å². The van der Waals surface area contributed by atoms with E-state index < -0.39 is 38.1 Å². The molecular weight excluding hydrogens is 304 g/mol. The summed E-state index contributed by atoms with van der Waals surface area (Å²) in [4.78, 5) is 20.6. The van der Waals surface area contributed by atoms with Crippen molar-refractivity contribution in [2.45, 2.75) is 19.3 Å². The molecule has 0 saturated heterocycles. The van der Waals surface area contributed by atoms with E-state index in [2.05, 4.69) is 0 Å². The largest absolute Gasteiger partial charge is 0.502 e. The zero-order chi connectivity index (χ0) is 17.1. The van der Waals surface area contributed by atoms with Crippen LogP contribution in [0.15, 0.2) is 24.3 Å². The lowest BCUT2D eigenvalue weighted by Crippen LogP contribution is -2.15. The minimum atomic E-state index is -0.713. The molecule has 0 heterocycles. The molecule has 0 aliphatic heterocycles. The monoisotopic (exact) mass is 316 g/mol. The van der Waals surface area contributed by atoms with Crippen molar-refractivity contribution in [1.82, 2.24) is 0 Å². The minimum Gasteiger partial charge on any atom is -0.502 e. The smallest absolute Gasteiger partial charge is 0.311 e. The number of benzene rings is 2. The maximum atomic E-state index is 11.0. The van der Waals surface area contributed by atoms with E-state index in [-0.39, 0.29) is 0 Å². The number of hydrogen-bond donors (Lipinski definition) is 2. The zero-order valence-corrected chi connectivity index (χ0v) is 12.2. The zero-order valence-electron chi connectivity index (χ0n) is 12.2. The molecule has 1 aliphatic rings. The third-order valence-electron chi connectivity index (χ3n) is 4.26. The summed E-state index contributed by atoms with van der Waals surface area (Å²) < 4.78 is 0. The predicted octanol–water partition coefficient (Wildman–Crippen LogP) is 3.22. The van der Waals surface area contributed by atoms with Crippen LogP contribution in [0, 0.1) is 20.2 Å². The highest BCUT2D eigenvalue weighted by Gasteiger charge is 2.39. The number of aromatic hydroxyl groups is 2. The molecule has 2 aromatic carbocycles. The van der Waals surface area contributed by atoms with Gasteiger partial charge in [-0.2, -0.15) is 0 Å². The van der Waals surface area contributed by atoms with Gasteiger partial charge in [-0.05, 0) is 34.4 Å². The van der Waals surface area contributed by atoms with Crippen LogP contribution in [0.25, 0.3) is 11.1 Å². The molecule has 2 N–H and O–H groups in total. The summed E-state index contributed by atoms with van der Waals surface area (Å²) in [7, 11) is 0. The topological polar surface area (TPSA) is 127 Å². The second kappa shape index (κ2) is 4.42. The number of nitro benzene ring substituents is 2. The van der Waals surface area contributed by atoms with Crippen LogP contribution in [0.3, 0.4) is 0 Å². The normalized spacial score (nSPS) is 14.2. The first-order valence-electron chi connectivity index (χ1n) is 6.68. The van der Waals surface area contributed by atoms with Gasteiger partial charge < -0.3 is 10.2 Å². The Hall–Kier alpha value is -3.16. The predicted molar refractivity (Wildman–Crippen MR) is 80.6 cm³/mol. The summed E-state index contributed by atoms with van der Waals surface area (Å²) in [6.45, 7) is 3.63. The molecule has 8 nitrogen and oxygen atoms in total. The van der Waals surface area contributed by atoms with Crippen LogP contribution in [-0.2, 0) is 5.41 Å². The van der Waals surface area contributed by atoms with Crippen molar-refractivity contribution in [3.05, 3.63) is 55.6 Å². The molecule has 23 heavy (non-hydrogen) atoms. The molecule has 0 unspecified atom stereocenters. The van der Waals surface area contributed by atoms with Gasteiger partial charge in [0.1, 0.15) is 0 Å². The highest BCUT2D eigenvalue weighted by molar-refractivity contribution is 5.85. The average Bonchev–Trinajstić information content (AvgIpc) is 2.65. The van der Waals surface area contributed by atoms with E-state index in [0.717, 1.165) is 0 Å². The molecular formula is C15H12N2O6. The lowest BCUT2D eigenvalue weighted by atomic mass is 9.82. The Morgan fingerprint density at radius 2 is 1.17 bits per heavy atom. The van der Waals surface area contributed by atoms with Gasteiger partial charge in [-0.1, -0.05) is 13.8 Å². The summed E-state index contributed by atoms with van der Waals surface area (Å²) in [5.74, 6) is -0.929. The van der Waals surface area contributed by atoms with Crippen molar-refractivity contribution in [2.24, 2.45) is 0 Å². The maximum absolute atomic E-state index is 11.0. The number of nitrogens with zero attached hydrogens (tertiary/aromatic N) is 2. The van der Waals surface area contributed by atoms with Gasteiger partial charge in [0.15, 0.2) is 11.5 Å². The number of phenols is 2. The molecule has 3 rings (SSSR count). The van der Waals surface area contributed by atoms with Crippen LogP contribution >= 0.6 is 0 Å². The second-order valence-electron chi connectivity index (χ2n) is 5.91. The molecule has 118 valence electrons. The molecule has 0 spiro atoms. The average molecular weight is 316 g/mol. The fourth-order valence-corrected chi connectivity index (χ4v) is 3.07. The summed E-state index contributed by atoms with van der Waals surface area (Å²) in [5.41, 5.74) is 0.497. The van der Waals surface area contributed by atoms with Gasteiger partial charge in [-0.15, -0.1) is 0 Å². The highest BCUT2D eigenvalue weighted by atomic mass is 16.6. The van der Waals surface area contributed by atoms with Crippen molar-refractivity contribution < 1.29 is 20.1 Å². The van der Waals surface area contributed by atoms with Crippen LogP contribution in [0.1, 0.15) is 25.0 Å². The quantitative estimate of drug-likeness (QED) is 0.647. The molecule has 1 aliphatic carbocycles. The van der Waals surface area contributed by atoms with Crippen LogP contribution in [0.2, 0.25) is 0 Å². The van der Waals surface area contributed by atoms with E-state index in [4.69, 9.17) is 0 Å². The Balaban J connectivity index is 2.38. The molecule has 0 atom stereocenters. The van der Waals surface area contributed by atoms with Crippen molar-refractivity contribution in [2.75, 3.05) is 0 Å². The van der Waals surface area contributed by atoms with Crippen molar-refractivity contribution in [1.29, 1.82) is 0 Å². The third kappa shape index (κ3) is 1.91. The Kier molecular flexibility index (Phi) is 2.84. The first kappa shape index (κ1) is 14.8. The highest BCUT2D eigenvalue weighted by Crippen LogP contribution is 2.53. The Labute approximate surface area is 129 Å². The molecule has 0 fully saturated rings. The van der Waals surface area contributed by atoms with Crippen molar-refractivity contribution >= 4 is 11.4 Å². The number of nitro groups is 2. The van der Waals surface area contributed by atoms with Gasteiger partial charge in [0.25, 0.3) is 0 Å². The second-order valence-corrected chi connectivity index (χ2v) is 5.91. The molecule has 0 amide bonds. The van der Waals surface area contributed by atoms with Crippen LogP contribution in [0.5, 0.6) is 11.5 Å². The molecule has 0 saturated carbocycles. The summed E-state index contributed by atoms with van der Waals surface area (Å²) in [6, 6.07) is 5.02. The fourth-order valence-electron chi connectivity index (χ4n) is 3.07. The van der Waals surface area contributed by atoms with E-state index in [1.807, 2.05) is 13.8 Å². The standard InChI is InChI=1S/C15H12N2O6/c1-15(2)9-5-13(18)11(16(20)21)3-7(9)8-4-12(17(22)23)14(19)6-10(8)15/h3-6,18-19H,1-2H3. The van der Waals surface area contributed by atoms with Crippen molar-refractivity contribution in [3.8, 4) is 22.6 Å². The first-order valence-corrected chi connectivity index (χ1v) is 6.68. The molecule has 0 bridgehead atoms. The SMILES string of the molecule is CC1(C)c2cc(O)c([N+](=O)[O-])cc2-c2cc([N+](=O)[O-])c(O)cc21. The number of rotatable bonds is 2. The summed E-state index contributed by atoms with van der Waals surface area (Å²) in [5, 5.41) is 41.8. The number of phenolic OH excluding ortho intramolecular Hbond substituents is 2. The van der Waals surface area contributed by atoms with E-state index in [0.29, 0.717) is 22.3 Å². The Morgan fingerprint density at radius 3 is 1.48 bits per heavy atom. The third-order valence-corrected chi connectivity index (χ3v) is 4.26. The van der Waals surface area contributed by atoms with Gasteiger partial charge in [-0.25, -0.2) is 0 Å². The maximum Gasteiger partial charge on any atom is 0.311 e. The van der Waals surface area contributed by atoms with E-state index in [1.54, 1.807) is 0 Å². The van der Waals surface area contributed by atoms with Gasteiger partial charge in [0.2, 0.25) is 0 Å². The Bertz CT molecular complexity index is 817. The summed E-state index contributed by atoms with van der Waals surface area (Å²) in [6.07, 6.45) is 0. The molecule has 0 aromatic heterocycles.